The summed E-state index contributed by atoms with van der Waals surface area (Å²) in [6.45, 7) is 10.7. The molecule has 4 unspecified atom stereocenters. The molecule has 2 saturated carbocycles. The Morgan fingerprint density at radius 1 is 1.09 bits per heavy atom. The average molecular weight is 309 g/mol. The second-order valence-electron chi connectivity index (χ2n) is 8.41. The number of hydrogen-bond donors (Lipinski definition) is 1. The zero-order chi connectivity index (χ0) is 16.3. The van der Waals surface area contributed by atoms with E-state index in [1.807, 2.05) is 0 Å². The molecular weight excluding hydrogens is 272 g/mol. The minimum atomic E-state index is -0.700. The fraction of sp³-hybridized carbons (Fsp3) is 0.900. The Kier molecular flexibility index (Phi) is 6.13. The van der Waals surface area contributed by atoms with Crippen LogP contribution in [0.4, 0.5) is 0 Å². The summed E-state index contributed by atoms with van der Waals surface area (Å²) < 4.78 is 6.27. The summed E-state index contributed by atoms with van der Waals surface area (Å²) in [7, 11) is 0. The van der Waals surface area contributed by atoms with Gasteiger partial charge < -0.3 is 9.84 Å². The Balaban J connectivity index is 2.05. The molecule has 0 saturated heterocycles. The number of allylic oxidation sites excluding steroid dienone is 1. The summed E-state index contributed by atoms with van der Waals surface area (Å²) >= 11 is 0. The zero-order valence-corrected chi connectivity index (χ0v) is 15.3. The van der Waals surface area contributed by atoms with Gasteiger partial charge in [-0.2, -0.15) is 0 Å². The first kappa shape index (κ1) is 18.0. The van der Waals surface area contributed by atoms with Crippen LogP contribution in [-0.2, 0) is 4.74 Å². The first-order chi connectivity index (χ1) is 10.3. The lowest BCUT2D eigenvalue weighted by atomic mass is 9.77. The van der Waals surface area contributed by atoms with Gasteiger partial charge in [0.25, 0.3) is 0 Å². The fourth-order valence-corrected chi connectivity index (χ4v) is 4.51. The Labute approximate surface area is 137 Å². The van der Waals surface area contributed by atoms with E-state index in [9.17, 15) is 5.11 Å². The average Bonchev–Trinajstić information content (AvgIpc) is 3.07. The first-order valence-corrected chi connectivity index (χ1v) is 9.34. The van der Waals surface area contributed by atoms with Gasteiger partial charge in [-0.25, -0.2) is 0 Å². The molecular formula is C20H36O2. The highest BCUT2D eigenvalue weighted by atomic mass is 16.6. The fourth-order valence-electron chi connectivity index (χ4n) is 4.51. The minimum absolute atomic E-state index is 0.265. The first-order valence-electron chi connectivity index (χ1n) is 9.34. The van der Waals surface area contributed by atoms with Crippen LogP contribution in [0.2, 0.25) is 0 Å². The molecule has 0 bridgehead atoms. The monoisotopic (exact) mass is 308 g/mol. The third kappa shape index (κ3) is 3.94. The van der Waals surface area contributed by atoms with Gasteiger partial charge in [0.2, 0.25) is 0 Å². The molecule has 2 nitrogen and oxygen atoms in total. The lowest BCUT2D eigenvalue weighted by molar-refractivity contribution is -0.203. The molecule has 0 heterocycles. The SMILES string of the molecule is CC(C)=CC(C)(C(C)C)C(O)OC1CCCC1C1CCCC1. The molecule has 2 heteroatoms. The summed E-state index contributed by atoms with van der Waals surface area (Å²) in [5.74, 6) is 1.87. The summed E-state index contributed by atoms with van der Waals surface area (Å²) in [4.78, 5) is 0. The maximum absolute atomic E-state index is 10.8. The highest BCUT2D eigenvalue weighted by Crippen LogP contribution is 2.44. The third-order valence-corrected chi connectivity index (χ3v) is 6.19. The van der Waals surface area contributed by atoms with Crippen LogP contribution in [-0.4, -0.2) is 17.5 Å². The zero-order valence-electron chi connectivity index (χ0n) is 15.3. The standard InChI is InChI=1S/C20H36O2/c1-14(2)13-20(5,15(3)4)19(21)22-18-12-8-11-17(18)16-9-6-7-10-16/h13,15-19,21H,6-12H2,1-5H3. The Bertz CT molecular complexity index is 377. The molecule has 0 aliphatic heterocycles. The molecule has 1 N–H and O–H groups in total. The number of aliphatic hydroxyl groups excluding tert-OH is 1. The van der Waals surface area contributed by atoms with Crippen LogP contribution >= 0.6 is 0 Å². The molecule has 0 aromatic carbocycles. The minimum Gasteiger partial charge on any atom is -0.367 e. The van der Waals surface area contributed by atoms with Crippen LogP contribution < -0.4 is 0 Å². The Morgan fingerprint density at radius 3 is 2.27 bits per heavy atom. The van der Waals surface area contributed by atoms with Crippen molar-refractivity contribution in [2.75, 3.05) is 0 Å². The number of ether oxygens (including phenoxy) is 1. The second-order valence-corrected chi connectivity index (χ2v) is 8.41. The predicted octanol–water partition coefficient (Wildman–Crippen LogP) is 5.31. The van der Waals surface area contributed by atoms with Crippen LogP contribution in [0.15, 0.2) is 11.6 Å². The molecule has 0 aromatic rings. The van der Waals surface area contributed by atoms with E-state index in [0.717, 1.165) is 12.3 Å². The van der Waals surface area contributed by atoms with Gasteiger partial charge in [0.05, 0.1) is 6.10 Å². The predicted molar refractivity (Wildman–Crippen MR) is 92.6 cm³/mol. The van der Waals surface area contributed by atoms with Crippen molar-refractivity contribution in [2.45, 2.75) is 92.0 Å². The number of hydrogen-bond acceptors (Lipinski definition) is 2. The molecule has 2 aliphatic rings. The van der Waals surface area contributed by atoms with Gasteiger partial charge in [-0.15, -0.1) is 0 Å². The quantitative estimate of drug-likeness (QED) is 0.532. The van der Waals surface area contributed by atoms with Crippen molar-refractivity contribution in [1.29, 1.82) is 0 Å². The third-order valence-electron chi connectivity index (χ3n) is 6.19. The van der Waals surface area contributed by atoms with E-state index in [0.29, 0.717) is 11.8 Å². The molecule has 0 spiro atoms. The van der Waals surface area contributed by atoms with Crippen molar-refractivity contribution >= 4 is 0 Å². The molecule has 2 rings (SSSR count). The molecule has 2 aliphatic carbocycles. The van der Waals surface area contributed by atoms with Crippen LogP contribution in [0.3, 0.4) is 0 Å². The van der Waals surface area contributed by atoms with Crippen LogP contribution in [0.25, 0.3) is 0 Å². The van der Waals surface area contributed by atoms with Crippen LogP contribution in [0.5, 0.6) is 0 Å². The van der Waals surface area contributed by atoms with E-state index in [4.69, 9.17) is 4.74 Å². The molecule has 0 radical (unpaired) electrons. The van der Waals surface area contributed by atoms with Gasteiger partial charge in [0.15, 0.2) is 6.29 Å². The lowest BCUT2D eigenvalue weighted by Gasteiger charge is -2.38. The highest BCUT2D eigenvalue weighted by molar-refractivity contribution is 5.07. The van der Waals surface area contributed by atoms with E-state index >= 15 is 0 Å². The van der Waals surface area contributed by atoms with Crippen LogP contribution in [0.1, 0.15) is 79.6 Å². The van der Waals surface area contributed by atoms with Gasteiger partial charge in [-0.3, -0.25) is 0 Å². The molecule has 0 amide bonds. The van der Waals surface area contributed by atoms with Crippen molar-refractivity contribution in [3.05, 3.63) is 11.6 Å². The van der Waals surface area contributed by atoms with Gasteiger partial charge in [0, 0.05) is 5.41 Å². The van der Waals surface area contributed by atoms with Gasteiger partial charge in [-0.1, -0.05) is 64.5 Å². The second kappa shape index (κ2) is 7.49. The highest BCUT2D eigenvalue weighted by Gasteiger charge is 2.41. The van der Waals surface area contributed by atoms with Gasteiger partial charge in [0.1, 0.15) is 0 Å². The summed E-state index contributed by atoms with van der Waals surface area (Å²) in [5.41, 5.74) is 0.944. The lowest BCUT2D eigenvalue weighted by Crippen LogP contribution is -2.41. The van der Waals surface area contributed by atoms with E-state index in [-0.39, 0.29) is 11.5 Å². The summed E-state index contributed by atoms with van der Waals surface area (Å²) in [6, 6.07) is 0. The number of aliphatic hydroxyl groups is 1. The molecule has 4 atom stereocenters. The summed E-state index contributed by atoms with van der Waals surface area (Å²) in [5, 5.41) is 10.8. The number of rotatable bonds is 6. The molecule has 128 valence electrons. The topological polar surface area (TPSA) is 29.5 Å². The largest absolute Gasteiger partial charge is 0.367 e. The van der Waals surface area contributed by atoms with Gasteiger partial charge in [-0.05, 0) is 44.4 Å². The Hall–Kier alpha value is -0.340. The van der Waals surface area contributed by atoms with Crippen molar-refractivity contribution in [3.63, 3.8) is 0 Å². The van der Waals surface area contributed by atoms with Crippen molar-refractivity contribution in [3.8, 4) is 0 Å². The molecule has 2 fully saturated rings. The maximum atomic E-state index is 10.8. The van der Waals surface area contributed by atoms with Crippen LogP contribution in [0, 0.1) is 23.2 Å². The molecule has 22 heavy (non-hydrogen) atoms. The van der Waals surface area contributed by atoms with Crippen molar-refractivity contribution < 1.29 is 9.84 Å². The van der Waals surface area contributed by atoms with Gasteiger partial charge >= 0.3 is 0 Å². The Morgan fingerprint density at radius 2 is 1.73 bits per heavy atom. The molecule has 0 aromatic heterocycles. The van der Waals surface area contributed by atoms with Crippen molar-refractivity contribution in [1.82, 2.24) is 0 Å². The van der Waals surface area contributed by atoms with E-state index in [2.05, 4.69) is 40.7 Å². The van der Waals surface area contributed by atoms with Crippen molar-refractivity contribution in [2.24, 2.45) is 23.2 Å². The normalized spacial score (nSPS) is 30.5. The smallest absolute Gasteiger partial charge is 0.163 e. The summed E-state index contributed by atoms with van der Waals surface area (Å²) in [6.07, 6.45) is 11.0. The van der Waals surface area contributed by atoms with E-state index in [1.165, 1.54) is 44.1 Å². The van der Waals surface area contributed by atoms with E-state index < -0.39 is 6.29 Å². The van der Waals surface area contributed by atoms with E-state index in [1.54, 1.807) is 0 Å². The maximum Gasteiger partial charge on any atom is 0.163 e.